The van der Waals surface area contributed by atoms with E-state index < -0.39 is 11.2 Å². The van der Waals surface area contributed by atoms with E-state index in [9.17, 15) is 5.11 Å². The summed E-state index contributed by atoms with van der Waals surface area (Å²) in [6.07, 6.45) is 4.73. The van der Waals surface area contributed by atoms with Crippen molar-refractivity contribution in [3.05, 3.63) is 76.4 Å². The van der Waals surface area contributed by atoms with Crippen molar-refractivity contribution >= 4 is 25.1 Å². The minimum atomic E-state index is -0.437. The van der Waals surface area contributed by atoms with E-state index in [1.54, 1.807) is 0 Å². The van der Waals surface area contributed by atoms with Gasteiger partial charge < -0.3 is 14.0 Å². The number of hydrogen-bond donors (Lipinski definition) is 1. The van der Waals surface area contributed by atoms with Crippen LogP contribution in [0.15, 0.2) is 48.5 Å². The van der Waals surface area contributed by atoms with Gasteiger partial charge in [0.15, 0.2) is 0 Å². The first-order valence-electron chi connectivity index (χ1n) is 13.9. The highest BCUT2D eigenvalue weighted by Gasteiger charge is 2.34. The Kier molecular flexibility index (Phi) is 11.4. The average molecular weight is 551 g/mol. The second-order valence-electron chi connectivity index (χ2n) is 13.3. The van der Waals surface area contributed by atoms with Crippen LogP contribution >= 0.6 is 0 Å². The summed E-state index contributed by atoms with van der Waals surface area (Å²) < 4.78 is 13.2. The average Bonchev–Trinajstić information content (AvgIpc) is 2.83. The largest absolute Gasteiger partial charge is 0.408 e. The summed E-state index contributed by atoms with van der Waals surface area (Å²) in [6, 6.07) is 15.6. The lowest BCUT2D eigenvalue weighted by atomic mass is 9.84. The number of hydrogen-bond acceptors (Lipinski definition) is 3. The van der Waals surface area contributed by atoms with Gasteiger partial charge in [0, 0.05) is 0 Å². The van der Waals surface area contributed by atoms with Crippen LogP contribution in [0.3, 0.4) is 0 Å². The molecule has 0 spiro atoms. The van der Waals surface area contributed by atoms with Gasteiger partial charge in [0.1, 0.15) is 0 Å². The number of benzene rings is 2. The lowest BCUT2D eigenvalue weighted by Crippen LogP contribution is -2.34. The predicted molar refractivity (Wildman–Crippen MR) is 165 cm³/mol. The highest BCUT2D eigenvalue weighted by atomic mass is 28.2. The van der Waals surface area contributed by atoms with E-state index in [1.165, 1.54) is 33.4 Å². The smallest absolute Gasteiger partial charge is 0.236 e. The molecule has 0 aliphatic heterocycles. The molecule has 2 aromatic rings. The molecule has 0 saturated carbocycles. The lowest BCUT2D eigenvalue weighted by Gasteiger charge is -2.37. The molecule has 0 aliphatic rings. The lowest BCUT2D eigenvalue weighted by molar-refractivity contribution is 0.0829. The molecule has 0 aromatic heterocycles. The molecule has 0 atom stereocenters. The Balaban J connectivity index is 2.40. The van der Waals surface area contributed by atoms with Gasteiger partial charge in [-0.05, 0) is 90.4 Å². The molecule has 0 aliphatic carbocycles. The Hall–Kier alpha value is -1.51. The molecule has 3 nitrogen and oxygen atoms in total. The normalized spacial score (nSPS) is 13.7. The van der Waals surface area contributed by atoms with Crippen LogP contribution in [0.1, 0.15) is 110 Å². The second-order valence-corrected chi connectivity index (χ2v) is 17.1. The van der Waals surface area contributed by atoms with Crippen molar-refractivity contribution in [2.75, 3.05) is 6.61 Å². The van der Waals surface area contributed by atoms with Crippen LogP contribution < -0.4 is 0 Å². The van der Waals surface area contributed by atoms with E-state index in [1.807, 2.05) is 6.08 Å². The van der Waals surface area contributed by atoms with Crippen molar-refractivity contribution in [3.8, 4) is 0 Å². The van der Waals surface area contributed by atoms with Crippen molar-refractivity contribution in [2.24, 2.45) is 0 Å². The Labute approximate surface area is 238 Å². The van der Waals surface area contributed by atoms with Crippen molar-refractivity contribution < 1.29 is 14.0 Å². The molecule has 1 N–H and O–H groups in total. The summed E-state index contributed by atoms with van der Waals surface area (Å²) in [4.78, 5) is 0. The minimum Gasteiger partial charge on any atom is -0.408 e. The molecular weight excluding hydrogens is 501 g/mol. The van der Waals surface area contributed by atoms with E-state index in [0.29, 0.717) is 19.5 Å². The summed E-state index contributed by atoms with van der Waals surface area (Å²) in [6.45, 7) is 24.3. The van der Waals surface area contributed by atoms with Crippen LogP contribution in [0.2, 0.25) is 10.1 Å². The Morgan fingerprint density at radius 2 is 1.26 bits per heavy atom. The first-order chi connectivity index (χ1) is 17.5. The topological polar surface area (TPSA) is 38.7 Å². The number of aliphatic hydroxyl groups excluding tert-OH is 1. The van der Waals surface area contributed by atoms with Crippen LogP contribution in [-0.2, 0) is 32.9 Å². The molecule has 0 saturated heterocycles. The maximum absolute atomic E-state index is 9.38. The molecule has 0 bridgehead atoms. The summed E-state index contributed by atoms with van der Waals surface area (Å²) in [5.41, 5.74) is 6.56. The fraction of sp³-hybridized carbons (Fsp3) is 0.576. The van der Waals surface area contributed by atoms with Crippen molar-refractivity contribution in [1.29, 1.82) is 0 Å². The zero-order chi connectivity index (χ0) is 28.8. The van der Waals surface area contributed by atoms with Gasteiger partial charge in [-0.3, -0.25) is 0 Å². The zero-order valence-corrected chi connectivity index (χ0v) is 27.7. The Bertz CT molecular complexity index is 1070. The number of rotatable bonds is 12. The molecule has 0 fully saturated rings. The molecule has 0 unspecified atom stereocenters. The summed E-state index contributed by atoms with van der Waals surface area (Å²) in [7, 11) is 0.804. The van der Waals surface area contributed by atoms with E-state index in [2.05, 4.69) is 119 Å². The summed E-state index contributed by atoms with van der Waals surface area (Å²) >= 11 is 0. The summed E-state index contributed by atoms with van der Waals surface area (Å²) in [5.74, 6) is 0. The fourth-order valence-corrected chi connectivity index (χ4v) is 5.58. The standard InChI is InChI=1S/C33H50O3Si2/c1-12-26(20-21-34)27-15-13-14-24(22-27)16-17-25-18-19-28(32(8,9)35-37-30(2,3)4)29(23-25)33(10,11)36-38-31(5,6)7/h13-15,18-20,22-23,34H,12,16-17,21H2,1-11H3/b26-20+. The van der Waals surface area contributed by atoms with E-state index in [4.69, 9.17) is 8.85 Å². The van der Waals surface area contributed by atoms with Crippen LogP contribution in [0.4, 0.5) is 0 Å². The van der Waals surface area contributed by atoms with Gasteiger partial charge in [-0.15, -0.1) is 0 Å². The molecule has 38 heavy (non-hydrogen) atoms. The third kappa shape index (κ3) is 10.2. The van der Waals surface area contributed by atoms with Gasteiger partial charge >= 0.3 is 0 Å². The third-order valence-electron chi connectivity index (χ3n) is 6.32. The van der Waals surface area contributed by atoms with Crippen LogP contribution in [0, 0.1) is 0 Å². The zero-order valence-electron chi connectivity index (χ0n) is 25.7. The van der Waals surface area contributed by atoms with Gasteiger partial charge in [-0.2, -0.15) is 0 Å². The number of allylic oxidation sites excluding steroid dienone is 1. The first kappa shape index (κ1) is 32.7. The number of aryl methyl sites for hydroxylation is 2. The van der Waals surface area contributed by atoms with Crippen molar-refractivity contribution in [1.82, 2.24) is 0 Å². The van der Waals surface area contributed by atoms with Gasteiger partial charge in [0.25, 0.3) is 0 Å². The van der Waals surface area contributed by atoms with E-state index in [0.717, 1.165) is 19.3 Å². The SMILES string of the molecule is CC/C(=C\CO)c1cccc(CCc2ccc(C(C)(C)O[Si]C(C)(C)C)c(C(C)(C)O[Si]C(C)(C)C)c2)c1. The summed E-state index contributed by atoms with van der Waals surface area (Å²) in [5, 5.41) is 9.62. The molecule has 5 heteroatoms. The monoisotopic (exact) mass is 550 g/mol. The predicted octanol–water partition coefficient (Wildman–Crippen LogP) is 8.44. The Morgan fingerprint density at radius 3 is 1.76 bits per heavy atom. The van der Waals surface area contributed by atoms with Crippen LogP contribution in [0.5, 0.6) is 0 Å². The fourth-order valence-electron chi connectivity index (χ4n) is 4.23. The van der Waals surface area contributed by atoms with E-state index in [-0.39, 0.29) is 16.7 Å². The van der Waals surface area contributed by atoms with Gasteiger partial charge in [-0.25, -0.2) is 0 Å². The maximum atomic E-state index is 9.38. The molecule has 2 aromatic carbocycles. The van der Waals surface area contributed by atoms with E-state index >= 15 is 0 Å². The third-order valence-corrected chi connectivity index (χ3v) is 8.77. The van der Waals surface area contributed by atoms with Crippen molar-refractivity contribution in [3.63, 3.8) is 0 Å². The molecule has 208 valence electrons. The highest BCUT2D eigenvalue weighted by molar-refractivity contribution is 6.32. The van der Waals surface area contributed by atoms with Gasteiger partial charge in [0.2, 0.25) is 19.5 Å². The molecule has 4 radical (unpaired) electrons. The minimum absolute atomic E-state index is 0.0759. The van der Waals surface area contributed by atoms with Gasteiger partial charge in [0.05, 0.1) is 17.8 Å². The van der Waals surface area contributed by atoms with Crippen molar-refractivity contribution in [2.45, 2.75) is 117 Å². The highest BCUT2D eigenvalue weighted by Crippen LogP contribution is 2.39. The second kappa shape index (κ2) is 13.2. The molecule has 0 amide bonds. The van der Waals surface area contributed by atoms with Crippen LogP contribution in [-0.4, -0.2) is 31.2 Å². The molecule has 2 rings (SSSR count). The molecular formula is C33H50O3Si2. The quantitative estimate of drug-likeness (QED) is 0.270. The number of aliphatic hydroxyl groups is 1. The maximum Gasteiger partial charge on any atom is 0.236 e. The first-order valence-corrected chi connectivity index (χ1v) is 15.7. The van der Waals surface area contributed by atoms with Crippen LogP contribution in [0.25, 0.3) is 5.57 Å². The molecule has 0 heterocycles. The van der Waals surface area contributed by atoms with Gasteiger partial charge in [-0.1, -0.05) is 97.0 Å². The Morgan fingerprint density at radius 1 is 0.737 bits per heavy atom.